The van der Waals surface area contributed by atoms with Gasteiger partial charge in [-0.1, -0.05) is 36.4 Å². The molecule has 0 spiro atoms. The molecule has 0 aliphatic carbocycles. The molecule has 2 rings (SSSR count). The number of ether oxygens (including phenoxy) is 1. The number of benzene rings is 2. The zero-order valence-electron chi connectivity index (χ0n) is 10.4. The molecular formula is C16H16O2. The Morgan fingerprint density at radius 3 is 2.56 bits per heavy atom. The van der Waals surface area contributed by atoms with Crippen molar-refractivity contribution in [1.82, 2.24) is 0 Å². The smallest absolute Gasteiger partial charge is 0.124 e. The van der Waals surface area contributed by atoms with Gasteiger partial charge in [0.05, 0.1) is 0 Å². The predicted octanol–water partition coefficient (Wildman–Crippen LogP) is 3.32. The second-order valence-electron chi connectivity index (χ2n) is 4.23. The number of carbonyl (C=O) groups is 1. The molecule has 0 aliphatic heterocycles. The molecule has 18 heavy (non-hydrogen) atoms. The van der Waals surface area contributed by atoms with Gasteiger partial charge in [-0.2, -0.15) is 0 Å². The van der Waals surface area contributed by atoms with E-state index >= 15 is 0 Å². The lowest BCUT2D eigenvalue weighted by atomic mass is 10.1. The van der Waals surface area contributed by atoms with Crippen LogP contribution in [0, 0.1) is 6.92 Å². The number of hydrogen-bond acceptors (Lipinski definition) is 2. The highest BCUT2D eigenvalue weighted by Gasteiger charge is 2.01. The van der Waals surface area contributed by atoms with Crippen LogP contribution in [0.3, 0.4) is 0 Å². The summed E-state index contributed by atoms with van der Waals surface area (Å²) in [5.41, 5.74) is 3.29. The zero-order chi connectivity index (χ0) is 12.8. The SMILES string of the molecule is Cc1cc(OCc2ccccc2)ccc1CC=O. The molecule has 0 saturated carbocycles. The lowest BCUT2D eigenvalue weighted by Gasteiger charge is -2.09. The maximum Gasteiger partial charge on any atom is 0.124 e. The van der Waals surface area contributed by atoms with Crippen LogP contribution in [-0.2, 0) is 17.8 Å². The highest BCUT2D eigenvalue weighted by atomic mass is 16.5. The Morgan fingerprint density at radius 2 is 1.89 bits per heavy atom. The average molecular weight is 240 g/mol. The quantitative estimate of drug-likeness (QED) is 0.749. The van der Waals surface area contributed by atoms with Gasteiger partial charge >= 0.3 is 0 Å². The molecule has 0 fully saturated rings. The second-order valence-corrected chi connectivity index (χ2v) is 4.23. The van der Waals surface area contributed by atoms with Crippen LogP contribution in [0.2, 0.25) is 0 Å². The summed E-state index contributed by atoms with van der Waals surface area (Å²) in [5.74, 6) is 0.839. The minimum Gasteiger partial charge on any atom is -0.489 e. The molecule has 0 atom stereocenters. The molecule has 2 aromatic carbocycles. The van der Waals surface area contributed by atoms with E-state index in [1.807, 2.05) is 55.5 Å². The maximum absolute atomic E-state index is 10.5. The Kier molecular flexibility index (Phi) is 4.13. The minimum atomic E-state index is 0.463. The maximum atomic E-state index is 10.5. The lowest BCUT2D eigenvalue weighted by Crippen LogP contribution is -1.97. The van der Waals surface area contributed by atoms with Crippen LogP contribution in [-0.4, -0.2) is 6.29 Å². The van der Waals surface area contributed by atoms with Crippen molar-refractivity contribution in [3.8, 4) is 5.75 Å². The molecule has 0 radical (unpaired) electrons. The second kappa shape index (κ2) is 6.01. The van der Waals surface area contributed by atoms with Crippen molar-refractivity contribution in [2.24, 2.45) is 0 Å². The molecule has 0 aliphatic rings. The van der Waals surface area contributed by atoms with Crippen LogP contribution >= 0.6 is 0 Å². The molecular weight excluding hydrogens is 224 g/mol. The summed E-state index contributed by atoms with van der Waals surface area (Å²) in [6.07, 6.45) is 1.39. The largest absolute Gasteiger partial charge is 0.489 e. The summed E-state index contributed by atoms with van der Waals surface area (Å²) < 4.78 is 5.72. The molecule has 0 N–H and O–H groups in total. The van der Waals surface area contributed by atoms with E-state index in [4.69, 9.17) is 4.74 Å². The van der Waals surface area contributed by atoms with Gasteiger partial charge in [0.25, 0.3) is 0 Å². The Bertz CT molecular complexity index is 518. The van der Waals surface area contributed by atoms with E-state index in [-0.39, 0.29) is 0 Å². The summed E-state index contributed by atoms with van der Waals surface area (Å²) >= 11 is 0. The molecule has 92 valence electrons. The van der Waals surface area contributed by atoms with Crippen molar-refractivity contribution >= 4 is 6.29 Å². The van der Waals surface area contributed by atoms with Crippen molar-refractivity contribution in [2.75, 3.05) is 0 Å². The van der Waals surface area contributed by atoms with Gasteiger partial charge in [-0.3, -0.25) is 0 Å². The Morgan fingerprint density at radius 1 is 1.11 bits per heavy atom. The monoisotopic (exact) mass is 240 g/mol. The number of aldehydes is 1. The van der Waals surface area contributed by atoms with Gasteiger partial charge < -0.3 is 9.53 Å². The van der Waals surface area contributed by atoms with E-state index in [2.05, 4.69) is 0 Å². The zero-order valence-corrected chi connectivity index (χ0v) is 10.4. The normalized spacial score (nSPS) is 10.1. The number of carbonyl (C=O) groups excluding carboxylic acids is 1. The lowest BCUT2D eigenvalue weighted by molar-refractivity contribution is -0.107. The van der Waals surface area contributed by atoms with E-state index in [0.717, 1.165) is 28.7 Å². The van der Waals surface area contributed by atoms with E-state index < -0.39 is 0 Å². The summed E-state index contributed by atoms with van der Waals surface area (Å²) in [7, 11) is 0. The summed E-state index contributed by atoms with van der Waals surface area (Å²) in [6, 6.07) is 15.9. The summed E-state index contributed by atoms with van der Waals surface area (Å²) in [6.45, 7) is 2.56. The third-order valence-electron chi connectivity index (χ3n) is 2.87. The van der Waals surface area contributed by atoms with E-state index in [1.165, 1.54) is 0 Å². The van der Waals surface area contributed by atoms with E-state index in [0.29, 0.717) is 13.0 Å². The molecule has 0 saturated heterocycles. The van der Waals surface area contributed by atoms with Crippen molar-refractivity contribution in [1.29, 1.82) is 0 Å². The average Bonchev–Trinajstić information content (AvgIpc) is 2.41. The molecule has 2 nitrogen and oxygen atoms in total. The van der Waals surface area contributed by atoms with Crippen LogP contribution < -0.4 is 4.74 Å². The minimum absolute atomic E-state index is 0.463. The van der Waals surface area contributed by atoms with Crippen LogP contribution in [0.1, 0.15) is 16.7 Å². The first kappa shape index (κ1) is 12.4. The van der Waals surface area contributed by atoms with Gasteiger partial charge in [0, 0.05) is 6.42 Å². The van der Waals surface area contributed by atoms with Gasteiger partial charge in [-0.25, -0.2) is 0 Å². The fourth-order valence-electron chi connectivity index (χ4n) is 1.82. The first-order chi connectivity index (χ1) is 8.79. The van der Waals surface area contributed by atoms with Gasteiger partial charge in [0.15, 0.2) is 0 Å². The van der Waals surface area contributed by atoms with Crippen molar-refractivity contribution in [3.05, 3.63) is 65.2 Å². The van der Waals surface area contributed by atoms with Gasteiger partial charge in [-0.15, -0.1) is 0 Å². The fraction of sp³-hybridized carbons (Fsp3) is 0.188. The van der Waals surface area contributed by atoms with Crippen LogP contribution in [0.15, 0.2) is 48.5 Å². The Hall–Kier alpha value is -2.09. The molecule has 0 aromatic heterocycles. The van der Waals surface area contributed by atoms with Crippen molar-refractivity contribution in [3.63, 3.8) is 0 Å². The Labute approximate surface area is 107 Å². The summed E-state index contributed by atoms with van der Waals surface area (Å²) in [4.78, 5) is 10.5. The topological polar surface area (TPSA) is 26.3 Å². The van der Waals surface area contributed by atoms with E-state index in [1.54, 1.807) is 0 Å². The van der Waals surface area contributed by atoms with E-state index in [9.17, 15) is 4.79 Å². The number of hydrogen-bond donors (Lipinski definition) is 0. The molecule has 2 aromatic rings. The third-order valence-corrected chi connectivity index (χ3v) is 2.87. The van der Waals surface area contributed by atoms with Crippen LogP contribution in [0.4, 0.5) is 0 Å². The van der Waals surface area contributed by atoms with Crippen LogP contribution in [0.25, 0.3) is 0 Å². The van der Waals surface area contributed by atoms with Crippen molar-refractivity contribution in [2.45, 2.75) is 20.0 Å². The molecule has 0 bridgehead atoms. The van der Waals surface area contributed by atoms with Crippen LogP contribution in [0.5, 0.6) is 5.75 Å². The van der Waals surface area contributed by atoms with Gasteiger partial charge in [0.1, 0.15) is 18.6 Å². The van der Waals surface area contributed by atoms with Crippen molar-refractivity contribution < 1.29 is 9.53 Å². The summed E-state index contributed by atoms with van der Waals surface area (Å²) in [5, 5.41) is 0. The Balaban J connectivity index is 2.02. The standard InChI is InChI=1S/C16H16O2/c1-13-11-16(8-7-15(13)9-10-17)18-12-14-5-3-2-4-6-14/h2-8,10-11H,9,12H2,1H3. The first-order valence-corrected chi connectivity index (χ1v) is 5.99. The fourth-order valence-corrected chi connectivity index (χ4v) is 1.82. The molecule has 2 heteroatoms. The molecule has 0 amide bonds. The van der Waals surface area contributed by atoms with Gasteiger partial charge in [-0.05, 0) is 35.7 Å². The van der Waals surface area contributed by atoms with Gasteiger partial charge in [0.2, 0.25) is 0 Å². The third kappa shape index (κ3) is 3.20. The molecule has 0 unspecified atom stereocenters. The number of aryl methyl sites for hydroxylation is 1. The first-order valence-electron chi connectivity index (χ1n) is 5.99. The highest BCUT2D eigenvalue weighted by molar-refractivity contribution is 5.56. The predicted molar refractivity (Wildman–Crippen MR) is 71.7 cm³/mol. The molecule has 0 heterocycles. The number of rotatable bonds is 5. The highest BCUT2D eigenvalue weighted by Crippen LogP contribution is 2.18.